The summed E-state index contributed by atoms with van der Waals surface area (Å²) in [5.74, 6) is -2.47. The standard InChI is InChI=1S/C32H42FN5O7S/c1-36(2)26-12-7-5-3-4-6-10-21-16-32(21,30(41)35-46(43,44)23-13-14-23)34-28(39)27-15-22(18-38(27)29(26)40)45-31(42)37-17-20-9-8-11-25(33)24(20)19-37/h6,8-11,21-23,26-27H,3-5,7,12-19H2,1-2H3,(H,34,39)(H,35,41)/b10-6-/t21-,22-,26+,27+,32-/m1/s1. The van der Waals surface area contributed by atoms with E-state index in [1.165, 1.54) is 15.9 Å². The van der Waals surface area contributed by atoms with Crippen molar-refractivity contribution in [1.82, 2.24) is 24.7 Å². The number of likely N-dealkylation sites (N-methyl/N-ethyl adjacent to an activating group) is 1. The van der Waals surface area contributed by atoms with Crippen LogP contribution in [0.1, 0.15) is 68.9 Å². The Kier molecular flexibility index (Phi) is 8.87. The minimum absolute atomic E-state index is 0.00279. The third kappa shape index (κ3) is 6.51. The number of hydrogen-bond acceptors (Lipinski definition) is 8. The first-order chi connectivity index (χ1) is 21.9. The van der Waals surface area contributed by atoms with Crippen LogP contribution in [0.25, 0.3) is 0 Å². The van der Waals surface area contributed by atoms with Gasteiger partial charge in [-0.2, -0.15) is 0 Å². The molecular weight excluding hydrogens is 617 g/mol. The lowest BCUT2D eigenvalue weighted by molar-refractivity contribution is -0.143. The minimum Gasteiger partial charge on any atom is -0.444 e. The van der Waals surface area contributed by atoms with E-state index < -0.39 is 68.6 Å². The molecule has 3 fully saturated rings. The lowest BCUT2D eigenvalue weighted by Gasteiger charge is -2.32. The van der Waals surface area contributed by atoms with Gasteiger partial charge in [-0.25, -0.2) is 17.6 Å². The molecule has 46 heavy (non-hydrogen) atoms. The number of fused-ring (bicyclic) bond motifs is 3. The predicted octanol–water partition coefficient (Wildman–Crippen LogP) is 2.18. The number of rotatable bonds is 5. The van der Waals surface area contributed by atoms with E-state index in [2.05, 4.69) is 10.0 Å². The number of halogens is 1. The maximum Gasteiger partial charge on any atom is 0.410 e. The molecule has 0 spiro atoms. The van der Waals surface area contributed by atoms with Crippen LogP contribution >= 0.6 is 0 Å². The molecule has 0 bridgehead atoms. The number of carbonyl (C=O) groups is 4. The van der Waals surface area contributed by atoms with E-state index in [-0.39, 0.29) is 38.4 Å². The molecule has 0 radical (unpaired) electrons. The van der Waals surface area contributed by atoms with Crippen molar-refractivity contribution >= 4 is 33.8 Å². The number of allylic oxidation sites excluding steroid dienone is 1. The smallest absolute Gasteiger partial charge is 0.410 e. The molecule has 2 aliphatic carbocycles. The third-order valence-electron chi connectivity index (χ3n) is 9.89. The normalized spacial score (nSPS) is 30.8. The highest BCUT2D eigenvalue weighted by molar-refractivity contribution is 7.91. The molecule has 2 saturated carbocycles. The Labute approximate surface area is 268 Å². The van der Waals surface area contributed by atoms with Crippen LogP contribution in [0, 0.1) is 11.7 Å². The second-order valence-corrected chi connectivity index (χ2v) is 15.4. The lowest BCUT2D eigenvalue weighted by Crippen LogP contribution is -2.58. The summed E-state index contributed by atoms with van der Waals surface area (Å²) in [5, 5.41) is 2.22. The largest absolute Gasteiger partial charge is 0.444 e. The molecule has 14 heteroatoms. The van der Waals surface area contributed by atoms with Gasteiger partial charge < -0.3 is 15.0 Å². The molecular formula is C32H42FN5O7S. The van der Waals surface area contributed by atoms with Gasteiger partial charge in [0.05, 0.1) is 24.4 Å². The molecule has 1 aromatic rings. The average molecular weight is 660 g/mol. The summed E-state index contributed by atoms with van der Waals surface area (Å²) in [6.07, 6.45) is 7.44. The molecule has 6 rings (SSSR count). The highest BCUT2D eigenvalue weighted by atomic mass is 32.2. The SMILES string of the molecule is CN(C)[C@H]1CCCCC/C=C\[C@@H]2C[C@@]2(C(=O)NS(=O)(=O)C2CC2)NC(=O)[C@@H]2C[C@@H](OC(=O)N3Cc4cccc(F)c4C3)CN2C1=O. The van der Waals surface area contributed by atoms with E-state index >= 15 is 0 Å². The van der Waals surface area contributed by atoms with Gasteiger partial charge in [0.15, 0.2) is 0 Å². The third-order valence-corrected chi connectivity index (χ3v) is 11.7. The topological polar surface area (TPSA) is 145 Å². The van der Waals surface area contributed by atoms with Crippen LogP contribution in [0.3, 0.4) is 0 Å². The second-order valence-electron chi connectivity index (χ2n) is 13.5. The van der Waals surface area contributed by atoms with Gasteiger partial charge in [-0.05, 0) is 64.3 Å². The van der Waals surface area contributed by atoms with Crippen molar-refractivity contribution in [3.8, 4) is 0 Å². The fourth-order valence-electron chi connectivity index (χ4n) is 6.90. The summed E-state index contributed by atoms with van der Waals surface area (Å²) in [6, 6.07) is 3.11. The molecule has 2 N–H and O–H groups in total. The van der Waals surface area contributed by atoms with Crippen LogP contribution in [-0.4, -0.2) is 96.5 Å². The number of benzene rings is 1. The number of nitrogens with zero attached hydrogens (tertiary/aromatic N) is 3. The van der Waals surface area contributed by atoms with Crippen molar-refractivity contribution in [2.45, 2.75) is 99.9 Å². The van der Waals surface area contributed by atoms with E-state index in [9.17, 15) is 32.0 Å². The van der Waals surface area contributed by atoms with Gasteiger partial charge in [-0.3, -0.25) is 28.9 Å². The number of nitrogens with one attached hydrogen (secondary N) is 2. The molecule has 0 unspecified atom stereocenters. The quantitative estimate of drug-likeness (QED) is 0.458. The second kappa shape index (κ2) is 12.6. The number of amides is 4. The number of carbonyl (C=O) groups excluding carboxylic acids is 4. The number of sulfonamides is 1. The Morgan fingerprint density at radius 3 is 2.61 bits per heavy atom. The van der Waals surface area contributed by atoms with E-state index in [1.54, 1.807) is 26.2 Å². The molecule has 5 aliphatic rings. The van der Waals surface area contributed by atoms with Crippen molar-refractivity contribution in [3.05, 3.63) is 47.3 Å². The van der Waals surface area contributed by atoms with Crippen LogP contribution in [0.5, 0.6) is 0 Å². The molecule has 4 amide bonds. The average Bonchev–Trinajstić information content (AvgIpc) is 3.88. The van der Waals surface area contributed by atoms with Gasteiger partial charge in [-0.15, -0.1) is 0 Å². The molecule has 1 saturated heterocycles. The number of hydrogen-bond donors (Lipinski definition) is 2. The summed E-state index contributed by atoms with van der Waals surface area (Å²) >= 11 is 0. The van der Waals surface area contributed by atoms with Gasteiger partial charge in [-0.1, -0.05) is 37.1 Å². The lowest BCUT2D eigenvalue weighted by atomic mass is 10.0. The highest BCUT2D eigenvalue weighted by Crippen LogP contribution is 2.46. The Morgan fingerprint density at radius 1 is 1.11 bits per heavy atom. The van der Waals surface area contributed by atoms with Gasteiger partial charge in [0.1, 0.15) is 23.5 Å². The maximum atomic E-state index is 14.3. The summed E-state index contributed by atoms with van der Waals surface area (Å²) < 4.78 is 47.7. The van der Waals surface area contributed by atoms with Crippen LogP contribution in [0.4, 0.5) is 9.18 Å². The Bertz CT molecular complexity index is 1550. The maximum absolute atomic E-state index is 14.3. The zero-order chi connectivity index (χ0) is 32.8. The summed E-state index contributed by atoms with van der Waals surface area (Å²) in [5.41, 5.74) is -0.340. The van der Waals surface area contributed by atoms with Crippen LogP contribution in [0.15, 0.2) is 30.4 Å². The van der Waals surface area contributed by atoms with E-state index in [1.807, 2.05) is 17.1 Å². The summed E-state index contributed by atoms with van der Waals surface area (Å²) in [7, 11) is -0.245. The Hall–Kier alpha value is -3.52. The molecule has 250 valence electrons. The van der Waals surface area contributed by atoms with Crippen molar-refractivity contribution in [3.63, 3.8) is 0 Å². The molecule has 0 aromatic heterocycles. The number of ether oxygens (including phenoxy) is 1. The first-order valence-electron chi connectivity index (χ1n) is 16.1. The Morgan fingerprint density at radius 2 is 1.89 bits per heavy atom. The Balaban J connectivity index is 1.23. The zero-order valence-corrected chi connectivity index (χ0v) is 27.1. The summed E-state index contributed by atoms with van der Waals surface area (Å²) in [6.45, 7) is 0.212. The van der Waals surface area contributed by atoms with Crippen molar-refractivity contribution in [2.24, 2.45) is 5.92 Å². The fourth-order valence-corrected chi connectivity index (χ4v) is 8.26. The van der Waals surface area contributed by atoms with E-state index in [0.29, 0.717) is 30.4 Å². The van der Waals surface area contributed by atoms with Crippen molar-refractivity contribution < 1.29 is 36.7 Å². The molecule has 5 atom stereocenters. The van der Waals surface area contributed by atoms with Crippen LogP contribution in [-0.2, 0) is 42.2 Å². The van der Waals surface area contributed by atoms with Gasteiger partial charge in [0.25, 0.3) is 5.91 Å². The zero-order valence-electron chi connectivity index (χ0n) is 26.2. The summed E-state index contributed by atoms with van der Waals surface area (Å²) in [4.78, 5) is 59.4. The first-order valence-corrected chi connectivity index (χ1v) is 17.7. The predicted molar refractivity (Wildman–Crippen MR) is 165 cm³/mol. The van der Waals surface area contributed by atoms with Crippen LogP contribution < -0.4 is 10.0 Å². The van der Waals surface area contributed by atoms with Gasteiger partial charge in [0, 0.05) is 24.4 Å². The first kappa shape index (κ1) is 32.4. The highest BCUT2D eigenvalue weighted by Gasteiger charge is 2.62. The fraction of sp³-hybridized carbons (Fsp3) is 0.625. The van der Waals surface area contributed by atoms with Crippen molar-refractivity contribution in [2.75, 3.05) is 20.6 Å². The van der Waals surface area contributed by atoms with Gasteiger partial charge >= 0.3 is 6.09 Å². The van der Waals surface area contributed by atoms with Crippen molar-refractivity contribution in [1.29, 1.82) is 0 Å². The molecule has 12 nitrogen and oxygen atoms in total. The van der Waals surface area contributed by atoms with Crippen LogP contribution in [0.2, 0.25) is 0 Å². The minimum atomic E-state index is -3.86. The molecule has 3 aliphatic heterocycles. The molecule has 3 heterocycles. The monoisotopic (exact) mass is 659 g/mol. The van der Waals surface area contributed by atoms with E-state index in [4.69, 9.17) is 4.74 Å². The van der Waals surface area contributed by atoms with Gasteiger partial charge in [0.2, 0.25) is 21.8 Å². The molecule has 1 aromatic carbocycles. The van der Waals surface area contributed by atoms with E-state index in [0.717, 1.165) is 25.7 Å².